The third kappa shape index (κ3) is 7.23. The second-order valence-electron chi connectivity index (χ2n) is 13.0. The lowest BCUT2D eigenvalue weighted by atomic mass is 9.83. The maximum atomic E-state index is 13.4. The first-order valence-electron chi connectivity index (χ1n) is 16.0. The van der Waals surface area contributed by atoms with Gasteiger partial charge in [0.05, 0.1) is 6.04 Å². The number of nitrogens with two attached hydrogens (primary N) is 1. The van der Waals surface area contributed by atoms with Crippen molar-refractivity contribution in [3.05, 3.63) is 28.8 Å². The summed E-state index contributed by atoms with van der Waals surface area (Å²) in [6.45, 7) is 2.76. The summed E-state index contributed by atoms with van der Waals surface area (Å²) >= 11 is 0. The number of fused-ring (bicyclic) bond motifs is 2. The quantitative estimate of drug-likeness (QED) is 0.171. The Hall–Kier alpha value is -3.75. The van der Waals surface area contributed by atoms with E-state index in [0.717, 1.165) is 51.4 Å². The van der Waals surface area contributed by atoms with Crippen LogP contribution in [0.4, 0.5) is 0 Å². The number of benzene rings is 1. The standard InChI is InChI=1S/C31H45N7O7/c1-14(32)27(40)38-23(28(41)33-15(2)31(44)45)13-16-11-17(24-29(42)36-21-9-5-3-7-19(21)34-24)26(39)18(12-16)25-30(43)37-22-10-6-4-8-20(22)35-25/h11-12,14-15,19-25,34-35,39H,3-10,13,32H2,1-2H3,(H,33,41)(H,36,42)(H,37,43)(H,38,40)(H,44,45)/t14-,15-,19?,20?,21?,22?,23-,24?,25?/m0/s1. The summed E-state index contributed by atoms with van der Waals surface area (Å²) in [7, 11) is 0. The second-order valence-corrected chi connectivity index (χ2v) is 13.0. The Bertz CT molecular complexity index is 1270. The van der Waals surface area contributed by atoms with Crippen molar-refractivity contribution in [3.63, 3.8) is 0 Å². The zero-order chi connectivity index (χ0) is 32.4. The van der Waals surface area contributed by atoms with Gasteiger partial charge in [0.1, 0.15) is 29.9 Å². The van der Waals surface area contributed by atoms with Crippen LogP contribution in [0.15, 0.2) is 12.1 Å². The number of phenolic OH excluding ortho intramolecular Hbond substituents is 1. The maximum absolute atomic E-state index is 13.4. The molecule has 0 aromatic heterocycles. The minimum absolute atomic E-state index is 0.00780. The van der Waals surface area contributed by atoms with Crippen molar-refractivity contribution in [2.24, 2.45) is 5.73 Å². The number of carboxylic acid groups (broad SMARTS) is 1. The Morgan fingerprint density at radius 1 is 0.822 bits per heavy atom. The summed E-state index contributed by atoms with van der Waals surface area (Å²) in [5, 5.41) is 39.0. The molecule has 246 valence electrons. The van der Waals surface area contributed by atoms with Gasteiger partial charge in [-0.3, -0.25) is 34.6 Å². The van der Waals surface area contributed by atoms with Gasteiger partial charge in [-0.2, -0.15) is 0 Å². The molecule has 0 spiro atoms. The van der Waals surface area contributed by atoms with E-state index < -0.39 is 48.0 Å². The summed E-state index contributed by atoms with van der Waals surface area (Å²) in [6.07, 6.45) is 7.34. The van der Waals surface area contributed by atoms with Crippen LogP contribution in [0.25, 0.3) is 0 Å². The molecule has 4 aliphatic rings. The highest BCUT2D eigenvalue weighted by Crippen LogP contribution is 2.38. The number of piperazine rings is 2. The van der Waals surface area contributed by atoms with Crippen LogP contribution in [0.1, 0.15) is 94.0 Å². The molecule has 2 saturated carbocycles. The Morgan fingerprint density at radius 3 is 1.73 bits per heavy atom. The van der Waals surface area contributed by atoms with Gasteiger partial charge in [0.25, 0.3) is 0 Å². The first kappa shape index (κ1) is 32.6. The highest BCUT2D eigenvalue weighted by molar-refractivity contribution is 5.92. The van der Waals surface area contributed by atoms with Crippen molar-refractivity contribution < 1.29 is 34.2 Å². The first-order valence-corrected chi connectivity index (χ1v) is 16.0. The maximum Gasteiger partial charge on any atom is 0.325 e. The van der Waals surface area contributed by atoms with Crippen molar-refractivity contribution in [3.8, 4) is 5.75 Å². The second kappa shape index (κ2) is 13.7. The number of aromatic hydroxyl groups is 1. The van der Waals surface area contributed by atoms with Gasteiger partial charge in [0.2, 0.25) is 23.6 Å². The van der Waals surface area contributed by atoms with Gasteiger partial charge in [-0.25, -0.2) is 0 Å². The Kier molecular flexibility index (Phi) is 9.94. The molecule has 1 aromatic rings. The highest BCUT2D eigenvalue weighted by Gasteiger charge is 2.42. The number of rotatable bonds is 9. The zero-order valence-electron chi connectivity index (χ0n) is 25.7. The van der Waals surface area contributed by atoms with Crippen molar-refractivity contribution >= 4 is 29.6 Å². The average Bonchev–Trinajstić information content (AvgIpc) is 3.00. The predicted octanol–water partition coefficient (Wildman–Crippen LogP) is -0.501. The Morgan fingerprint density at radius 2 is 1.29 bits per heavy atom. The molecular weight excluding hydrogens is 582 g/mol. The third-order valence-corrected chi connectivity index (χ3v) is 9.54. The number of carboxylic acids is 1. The molecule has 2 aliphatic heterocycles. The zero-order valence-corrected chi connectivity index (χ0v) is 25.7. The van der Waals surface area contributed by atoms with Gasteiger partial charge in [-0.1, -0.05) is 25.7 Å². The van der Waals surface area contributed by atoms with E-state index in [1.54, 1.807) is 12.1 Å². The Labute approximate surface area is 262 Å². The smallest absolute Gasteiger partial charge is 0.325 e. The lowest BCUT2D eigenvalue weighted by molar-refractivity contribution is -0.141. The minimum atomic E-state index is -1.25. The van der Waals surface area contributed by atoms with Crippen LogP contribution in [0.5, 0.6) is 5.75 Å². The summed E-state index contributed by atoms with van der Waals surface area (Å²) < 4.78 is 0. The molecule has 2 saturated heterocycles. The topological polar surface area (TPSA) is 224 Å². The van der Waals surface area contributed by atoms with E-state index in [-0.39, 0.29) is 59.3 Å². The van der Waals surface area contributed by atoms with Crippen molar-refractivity contribution in [2.75, 3.05) is 0 Å². The van der Waals surface area contributed by atoms with Gasteiger partial charge >= 0.3 is 5.97 Å². The fourth-order valence-electron chi connectivity index (χ4n) is 7.01. The number of aliphatic carboxylic acids is 1. The van der Waals surface area contributed by atoms with Crippen molar-refractivity contribution in [2.45, 2.75) is 126 Å². The van der Waals surface area contributed by atoms with Gasteiger partial charge in [-0.15, -0.1) is 0 Å². The SMILES string of the molecule is C[C@H](N)C(=O)N[C@@H](Cc1cc(C2NC3CCCCC3NC2=O)c(O)c(C2NC3CCCCC3NC2=O)c1)C(=O)N[C@@H](C)C(=O)O. The van der Waals surface area contributed by atoms with Crippen LogP contribution in [-0.2, 0) is 30.4 Å². The van der Waals surface area contributed by atoms with E-state index >= 15 is 0 Å². The lowest BCUT2D eigenvalue weighted by Gasteiger charge is -2.42. The predicted molar refractivity (Wildman–Crippen MR) is 163 cm³/mol. The van der Waals surface area contributed by atoms with Gasteiger partial charge < -0.3 is 37.2 Å². The Balaban J connectivity index is 1.53. The number of hydrogen-bond acceptors (Lipinski definition) is 9. The number of nitrogens with one attached hydrogen (secondary N) is 6. The van der Waals surface area contributed by atoms with Crippen LogP contribution in [0.2, 0.25) is 0 Å². The fraction of sp³-hybridized carbons (Fsp3) is 0.645. The molecule has 0 bridgehead atoms. The molecule has 14 nitrogen and oxygen atoms in total. The molecule has 14 heteroatoms. The summed E-state index contributed by atoms with van der Waals surface area (Å²) in [5.74, 6) is -3.43. The number of phenols is 1. The summed E-state index contributed by atoms with van der Waals surface area (Å²) in [6, 6.07) is -2.06. The number of amides is 4. The molecule has 45 heavy (non-hydrogen) atoms. The fourth-order valence-corrected chi connectivity index (χ4v) is 7.01. The molecular formula is C31H45N7O7. The van der Waals surface area contributed by atoms with Crippen LogP contribution in [0, 0.1) is 0 Å². The van der Waals surface area contributed by atoms with Gasteiger partial charge in [0, 0.05) is 41.7 Å². The van der Waals surface area contributed by atoms with E-state index in [1.807, 2.05) is 0 Å². The molecule has 10 N–H and O–H groups in total. The molecule has 4 fully saturated rings. The van der Waals surface area contributed by atoms with Crippen LogP contribution in [-0.4, -0.2) is 82.1 Å². The van der Waals surface area contributed by atoms with E-state index in [4.69, 9.17) is 5.73 Å². The molecule has 0 radical (unpaired) electrons. The summed E-state index contributed by atoms with van der Waals surface area (Å²) in [4.78, 5) is 64.1. The normalized spacial score (nSPS) is 29.9. The summed E-state index contributed by atoms with van der Waals surface area (Å²) in [5.41, 5.74) is 6.70. The number of carbonyl (C=O) groups excluding carboxylic acids is 4. The lowest BCUT2D eigenvalue weighted by Crippen LogP contribution is -2.61. The molecule has 2 aliphatic carbocycles. The monoisotopic (exact) mass is 627 g/mol. The van der Waals surface area contributed by atoms with Crippen LogP contribution in [0.3, 0.4) is 0 Å². The van der Waals surface area contributed by atoms with Crippen LogP contribution < -0.4 is 37.6 Å². The molecule has 1 aromatic carbocycles. The van der Waals surface area contributed by atoms with E-state index in [0.29, 0.717) is 5.56 Å². The van der Waals surface area contributed by atoms with E-state index in [9.17, 15) is 34.2 Å². The number of hydrogen-bond donors (Lipinski definition) is 9. The van der Waals surface area contributed by atoms with Crippen molar-refractivity contribution in [1.29, 1.82) is 0 Å². The molecule has 5 rings (SSSR count). The van der Waals surface area contributed by atoms with Crippen molar-refractivity contribution in [1.82, 2.24) is 31.9 Å². The largest absolute Gasteiger partial charge is 0.507 e. The van der Waals surface area contributed by atoms with Crippen LogP contribution >= 0.6 is 0 Å². The van der Waals surface area contributed by atoms with Gasteiger partial charge in [0.15, 0.2) is 0 Å². The van der Waals surface area contributed by atoms with Gasteiger partial charge in [-0.05, 0) is 57.2 Å². The number of carbonyl (C=O) groups is 5. The van der Waals surface area contributed by atoms with E-state index in [2.05, 4.69) is 31.9 Å². The molecule has 4 amide bonds. The first-order chi connectivity index (χ1) is 21.4. The minimum Gasteiger partial charge on any atom is -0.507 e. The molecule has 2 heterocycles. The van der Waals surface area contributed by atoms with E-state index in [1.165, 1.54) is 13.8 Å². The molecule has 6 unspecified atom stereocenters. The third-order valence-electron chi connectivity index (χ3n) is 9.54. The highest BCUT2D eigenvalue weighted by atomic mass is 16.4. The molecule has 9 atom stereocenters. The average molecular weight is 628 g/mol.